The summed E-state index contributed by atoms with van der Waals surface area (Å²) in [6.45, 7) is 9.12. The molecular formula is C15H31NO. The summed E-state index contributed by atoms with van der Waals surface area (Å²) in [4.78, 5) is 2.40. The normalized spacial score (nSPS) is 30.2. The van der Waals surface area contributed by atoms with Crippen LogP contribution in [0.25, 0.3) is 0 Å². The third-order valence-corrected chi connectivity index (χ3v) is 4.37. The van der Waals surface area contributed by atoms with Gasteiger partial charge in [0.1, 0.15) is 0 Å². The van der Waals surface area contributed by atoms with Crippen LogP contribution in [-0.4, -0.2) is 36.2 Å². The van der Waals surface area contributed by atoms with E-state index in [0.29, 0.717) is 5.92 Å². The van der Waals surface area contributed by atoms with Crippen LogP contribution in [0.1, 0.15) is 52.9 Å². The smallest absolute Gasteiger partial charge is 0.0580 e. The van der Waals surface area contributed by atoms with E-state index in [4.69, 9.17) is 0 Å². The zero-order valence-corrected chi connectivity index (χ0v) is 12.2. The molecule has 0 amide bonds. The minimum Gasteiger partial charge on any atom is -0.393 e. The summed E-state index contributed by atoms with van der Waals surface area (Å²) in [5.74, 6) is 2.09. The van der Waals surface area contributed by atoms with E-state index in [0.717, 1.165) is 24.8 Å². The highest BCUT2D eigenvalue weighted by Crippen LogP contribution is 2.34. The van der Waals surface area contributed by atoms with Gasteiger partial charge in [0.05, 0.1) is 6.10 Å². The molecule has 102 valence electrons. The van der Waals surface area contributed by atoms with Crippen LogP contribution in [0.2, 0.25) is 0 Å². The third kappa shape index (κ3) is 4.97. The molecular weight excluding hydrogens is 210 g/mol. The Kier molecular flexibility index (Phi) is 6.50. The lowest BCUT2D eigenvalue weighted by atomic mass is 9.74. The van der Waals surface area contributed by atoms with Crippen molar-refractivity contribution in [3.8, 4) is 0 Å². The predicted molar refractivity (Wildman–Crippen MR) is 74.1 cm³/mol. The van der Waals surface area contributed by atoms with Gasteiger partial charge in [-0.25, -0.2) is 0 Å². The standard InChI is InChI=1S/C15H31NO/c1-5-6-9-16(4)11-14-10-13(12(2)3)7-8-15(14)17/h12-15,17H,5-11H2,1-4H3. The maximum atomic E-state index is 10.1. The Labute approximate surface area is 107 Å². The van der Waals surface area contributed by atoms with E-state index in [2.05, 4.69) is 32.7 Å². The van der Waals surface area contributed by atoms with Gasteiger partial charge in [0.15, 0.2) is 0 Å². The lowest BCUT2D eigenvalue weighted by molar-refractivity contribution is 0.0223. The molecule has 0 bridgehead atoms. The second-order valence-electron chi connectivity index (χ2n) is 6.26. The molecule has 0 aromatic rings. The van der Waals surface area contributed by atoms with Crippen molar-refractivity contribution in [3.05, 3.63) is 0 Å². The predicted octanol–water partition coefficient (Wildman–Crippen LogP) is 3.15. The van der Waals surface area contributed by atoms with E-state index in [9.17, 15) is 5.11 Å². The zero-order valence-electron chi connectivity index (χ0n) is 12.2. The highest BCUT2D eigenvalue weighted by Gasteiger charge is 2.30. The Morgan fingerprint density at radius 3 is 2.59 bits per heavy atom. The topological polar surface area (TPSA) is 23.5 Å². The van der Waals surface area contributed by atoms with E-state index in [-0.39, 0.29) is 6.10 Å². The van der Waals surface area contributed by atoms with Gasteiger partial charge in [0, 0.05) is 6.54 Å². The average Bonchev–Trinajstić information content (AvgIpc) is 2.29. The number of hydrogen-bond donors (Lipinski definition) is 1. The first kappa shape index (κ1) is 15.0. The molecule has 3 unspecified atom stereocenters. The molecule has 0 saturated heterocycles. The fourth-order valence-corrected chi connectivity index (χ4v) is 3.01. The van der Waals surface area contributed by atoms with Crippen LogP contribution in [0.15, 0.2) is 0 Å². The lowest BCUT2D eigenvalue weighted by Crippen LogP contribution is -2.38. The van der Waals surface area contributed by atoms with Gasteiger partial charge in [-0.05, 0) is 57.0 Å². The molecule has 1 aliphatic carbocycles. The molecule has 1 saturated carbocycles. The molecule has 0 aromatic heterocycles. The van der Waals surface area contributed by atoms with E-state index in [1.54, 1.807) is 0 Å². The van der Waals surface area contributed by atoms with E-state index < -0.39 is 0 Å². The Morgan fingerprint density at radius 2 is 2.00 bits per heavy atom. The minimum absolute atomic E-state index is 0.0610. The van der Waals surface area contributed by atoms with Gasteiger partial charge >= 0.3 is 0 Å². The van der Waals surface area contributed by atoms with Crippen molar-refractivity contribution in [3.63, 3.8) is 0 Å². The number of nitrogens with zero attached hydrogens (tertiary/aromatic N) is 1. The number of hydrogen-bond acceptors (Lipinski definition) is 2. The molecule has 1 aliphatic rings. The third-order valence-electron chi connectivity index (χ3n) is 4.37. The van der Waals surface area contributed by atoms with Crippen LogP contribution in [0.5, 0.6) is 0 Å². The van der Waals surface area contributed by atoms with Gasteiger partial charge in [-0.1, -0.05) is 27.2 Å². The SMILES string of the molecule is CCCCN(C)CC1CC(C(C)C)CCC1O. The molecule has 0 radical (unpaired) electrons. The van der Waals surface area contributed by atoms with Crippen molar-refractivity contribution in [2.75, 3.05) is 20.1 Å². The summed E-state index contributed by atoms with van der Waals surface area (Å²) in [6.07, 6.45) is 5.91. The first-order valence-electron chi connectivity index (χ1n) is 7.41. The van der Waals surface area contributed by atoms with Crippen LogP contribution in [0, 0.1) is 17.8 Å². The maximum absolute atomic E-state index is 10.1. The zero-order chi connectivity index (χ0) is 12.8. The number of aliphatic hydroxyl groups is 1. The van der Waals surface area contributed by atoms with Crippen LogP contribution < -0.4 is 0 Å². The summed E-state index contributed by atoms with van der Waals surface area (Å²) in [5, 5.41) is 10.1. The Bertz CT molecular complexity index is 205. The first-order chi connectivity index (χ1) is 8.04. The first-order valence-corrected chi connectivity index (χ1v) is 7.41. The minimum atomic E-state index is -0.0610. The van der Waals surface area contributed by atoms with Crippen molar-refractivity contribution >= 4 is 0 Å². The summed E-state index contributed by atoms with van der Waals surface area (Å²) in [5.41, 5.74) is 0. The number of rotatable bonds is 6. The molecule has 3 atom stereocenters. The molecule has 1 fully saturated rings. The molecule has 1 rings (SSSR count). The summed E-state index contributed by atoms with van der Waals surface area (Å²) in [6, 6.07) is 0. The van der Waals surface area contributed by atoms with Crippen molar-refractivity contribution in [1.82, 2.24) is 4.90 Å². The Morgan fingerprint density at radius 1 is 1.29 bits per heavy atom. The Hall–Kier alpha value is -0.0800. The van der Waals surface area contributed by atoms with Crippen molar-refractivity contribution in [1.29, 1.82) is 0 Å². The lowest BCUT2D eigenvalue weighted by Gasteiger charge is -2.37. The number of aliphatic hydroxyl groups excluding tert-OH is 1. The van der Waals surface area contributed by atoms with Gasteiger partial charge in [-0.2, -0.15) is 0 Å². The Balaban J connectivity index is 2.38. The van der Waals surface area contributed by atoms with Gasteiger partial charge in [-0.3, -0.25) is 0 Å². The summed E-state index contributed by atoms with van der Waals surface area (Å²) in [7, 11) is 2.20. The molecule has 2 nitrogen and oxygen atoms in total. The summed E-state index contributed by atoms with van der Waals surface area (Å²) < 4.78 is 0. The van der Waals surface area contributed by atoms with E-state index in [1.807, 2.05) is 0 Å². The molecule has 0 aliphatic heterocycles. The van der Waals surface area contributed by atoms with Gasteiger partial charge in [0.25, 0.3) is 0 Å². The fraction of sp³-hybridized carbons (Fsp3) is 1.00. The van der Waals surface area contributed by atoms with Crippen molar-refractivity contribution in [2.24, 2.45) is 17.8 Å². The van der Waals surface area contributed by atoms with Gasteiger partial charge in [0.2, 0.25) is 0 Å². The molecule has 1 N–H and O–H groups in total. The average molecular weight is 241 g/mol. The quantitative estimate of drug-likeness (QED) is 0.772. The van der Waals surface area contributed by atoms with Crippen LogP contribution in [0.3, 0.4) is 0 Å². The van der Waals surface area contributed by atoms with Crippen LogP contribution in [-0.2, 0) is 0 Å². The fourth-order valence-electron chi connectivity index (χ4n) is 3.01. The molecule has 2 heteroatoms. The second kappa shape index (κ2) is 7.38. The van der Waals surface area contributed by atoms with Crippen molar-refractivity contribution < 1.29 is 5.11 Å². The summed E-state index contributed by atoms with van der Waals surface area (Å²) >= 11 is 0. The van der Waals surface area contributed by atoms with Gasteiger partial charge < -0.3 is 10.0 Å². The largest absolute Gasteiger partial charge is 0.393 e. The van der Waals surface area contributed by atoms with Crippen molar-refractivity contribution in [2.45, 2.75) is 59.0 Å². The highest BCUT2D eigenvalue weighted by atomic mass is 16.3. The van der Waals surface area contributed by atoms with Crippen LogP contribution >= 0.6 is 0 Å². The molecule has 0 aromatic carbocycles. The molecule has 0 spiro atoms. The maximum Gasteiger partial charge on any atom is 0.0580 e. The molecule has 0 heterocycles. The van der Waals surface area contributed by atoms with E-state index in [1.165, 1.54) is 32.2 Å². The second-order valence-corrected chi connectivity index (χ2v) is 6.26. The molecule has 17 heavy (non-hydrogen) atoms. The van der Waals surface area contributed by atoms with E-state index >= 15 is 0 Å². The number of unbranched alkanes of at least 4 members (excludes halogenated alkanes) is 1. The highest BCUT2D eigenvalue weighted by molar-refractivity contribution is 4.82. The monoisotopic (exact) mass is 241 g/mol. The van der Waals surface area contributed by atoms with Crippen LogP contribution in [0.4, 0.5) is 0 Å². The van der Waals surface area contributed by atoms with Gasteiger partial charge in [-0.15, -0.1) is 0 Å².